The Balaban J connectivity index is 2.61. The number of benzene rings is 1. The van der Waals surface area contributed by atoms with Crippen molar-refractivity contribution in [2.75, 3.05) is 19.6 Å². The topological polar surface area (TPSA) is 48.5 Å². The van der Waals surface area contributed by atoms with E-state index < -0.39 is 0 Å². The SMILES string of the molecule is CCNC(=NCCNC(C)(C)C)NC(C)c1ccccc1C. The van der Waals surface area contributed by atoms with E-state index in [1.54, 1.807) is 0 Å². The molecule has 0 saturated carbocycles. The molecule has 1 aromatic carbocycles. The molecule has 0 spiro atoms. The molecule has 0 aromatic heterocycles. The zero-order valence-electron chi connectivity index (χ0n) is 15.0. The highest BCUT2D eigenvalue weighted by atomic mass is 15.2. The van der Waals surface area contributed by atoms with Gasteiger partial charge >= 0.3 is 0 Å². The Bertz CT molecular complexity index is 474. The molecule has 0 aliphatic carbocycles. The maximum atomic E-state index is 4.64. The van der Waals surface area contributed by atoms with Crippen molar-refractivity contribution in [1.82, 2.24) is 16.0 Å². The van der Waals surface area contributed by atoms with Gasteiger partial charge in [-0.25, -0.2) is 0 Å². The first-order valence-electron chi connectivity index (χ1n) is 8.19. The Hall–Kier alpha value is -1.55. The van der Waals surface area contributed by atoms with Gasteiger partial charge in [0.25, 0.3) is 0 Å². The third kappa shape index (κ3) is 6.94. The molecule has 4 nitrogen and oxygen atoms in total. The number of nitrogens with one attached hydrogen (secondary N) is 3. The minimum Gasteiger partial charge on any atom is -0.357 e. The number of guanidine groups is 1. The van der Waals surface area contributed by atoms with E-state index in [1.165, 1.54) is 11.1 Å². The monoisotopic (exact) mass is 304 g/mol. The van der Waals surface area contributed by atoms with Crippen molar-refractivity contribution in [3.63, 3.8) is 0 Å². The second-order valence-electron chi connectivity index (χ2n) is 6.66. The molecule has 0 fully saturated rings. The van der Waals surface area contributed by atoms with Gasteiger partial charge < -0.3 is 16.0 Å². The molecular formula is C18H32N4. The van der Waals surface area contributed by atoms with E-state index in [4.69, 9.17) is 0 Å². The van der Waals surface area contributed by atoms with E-state index in [0.717, 1.165) is 25.6 Å². The van der Waals surface area contributed by atoms with Gasteiger partial charge in [0, 0.05) is 18.6 Å². The molecule has 0 radical (unpaired) electrons. The van der Waals surface area contributed by atoms with E-state index in [9.17, 15) is 0 Å². The molecule has 0 heterocycles. The molecule has 1 aromatic rings. The summed E-state index contributed by atoms with van der Waals surface area (Å²) in [6.45, 7) is 15.4. The molecule has 3 N–H and O–H groups in total. The van der Waals surface area contributed by atoms with Crippen LogP contribution in [0.1, 0.15) is 51.8 Å². The van der Waals surface area contributed by atoms with Crippen LogP contribution in [0.25, 0.3) is 0 Å². The highest BCUT2D eigenvalue weighted by Gasteiger charge is 2.10. The Kier molecular flexibility index (Phi) is 7.39. The fourth-order valence-electron chi connectivity index (χ4n) is 2.27. The fraction of sp³-hybridized carbons (Fsp3) is 0.611. The zero-order chi connectivity index (χ0) is 16.6. The Labute approximate surface area is 135 Å². The van der Waals surface area contributed by atoms with Crippen LogP contribution in [0.2, 0.25) is 0 Å². The molecule has 124 valence electrons. The second-order valence-corrected chi connectivity index (χ2v) is 6.66. The van der Waals surface area contributed by atoms with Gasteiger partial charge in [0.2, 0.25) is 0 Å². The van der Waals surface area contributed by atoms with Crippen LogP contribution in [-0.4, -0.2) is 31.1 Å². The average Bonchev–Trinajstić information content (AvgIpc) is 2.43. The molecule has 1 unspecified atom stereocenters. The Morgan fingerprint density at radius 3 is 2.50 bits per heavy atom. The fourth-order valence-corrected chi connectivity index (χ4v) is 2.27. The van der Waals surface area contributed by atoms with E-state index in [2.05, 4.69) is 86.8 Å². The molecule has 4 heteroatoms. The number of aryl methyl sites for hydroxylation is 1. The predicted octanol–water partition coefficient (Wildman–Crippen LogP) is 3.00. The van der Waals surface area contributed by atoms with Crippen LogP contribution < -0.4 is 16.0 Å². The molecule has 0 saturated heterocycles. The highest BCUT2D eigenvalue weighted by Crippen LogP contribution is 2.16. The van der Waals surface area contributed by atoms with Crippen molar-refractivity contribution < 1.29 is 0 Å². The first-order chi connectivity index (χ1) is 10.3. The molecule has 0 bridgehead atoms. The predicted molar refractivity (Wildman–Crippen MR) is 96.5 cm³/mol. The number of hydrogen-bond donors (Lipinski definition) is 3. The summed E-state index contributed by atoms with van der Waals surface area (Å²) in [5.41, 5.74) is 2.74. The summed E-state index contributed by atoms with van der Waals surface area (Å²) < 4.78 is 0. The molecule has 0 aliphatic rings. The average molecular weight is 304 g/mol. The minimum atomic E-state index is 0.135. The van der Waals surface area contributed by atoms with Gasteiger partial charge in [-0.3, -0.25) is 4.99 Å². The normalized spacial score (nSPS) is 13.8. The van der Waals surface area contributed by atoms with Gasteiger partial charge in [0.05, 0.1) is 12.6 Å². The first kappa shape index (κ1) is 18.5. The third-order valence-corrected chi connectivity index (χ3v) is 3.39. The van der Waals surface area contributed by atoms with Crippen molar-refractivity contribution in [3.8, 4) is 0 Å². The lowest BCUT2D eigenvalue weighted by Gasteiger charge is -2.21. The van der Waals surface area contributed by atoms with Crippen molar-refractivity contribution in [1.29, 1.82) is 0 Å². The van der Waals surface area contributed by atoms with E-state index in [0.29, 0.717) is 0 Å². The van der Waals surface area contributed by atoms with Crippen molar-refractivity contribution >= 4 is 5.96 Å². The second kappa shape index (κ2) is 8.79. The highest BCUT2D eigenvalue weighted by molar-refractivity contribution is 5.80. The zero-order valence-corrected chi connectivity index (χ0v) is 15.0. The lowest BCUT2D eigenvalue weighted by atomic mass is 10.0. The first-order valence-corrected chi connectivity index (χ1v) is 8.19. The van der Waals surface area contributed by atoms with Crippen molar-refractivity contribution in [3.05, 3.63) is 35.4 Å². The summed E-state index contributed by atoms with van der Waals surface area (Å²) in [5, 5.41) is 10.2. The lowest BCUT2D eigenvalue weighted by molar-refractivity contribution is 0.432. The van der Waals surface area contributed by atoms with Crippen LogP contribution >= 0.6 is 0 Å². The standard InChI is InChI=1S/C18H32N4/c1-7-19-17(20-12-13-21-18(4,5)6)22-15(3)16-11-9-8-10-14(16)2/h8-11,15,21H,7,12-13H2,1-6H3,(H2,19,20,22). The number of aliphatic imine (C=N–C) groups is 1. The summed E-state index contributed by atoms with van der Waals surface area (Å²) in [6, 6.07) is 8.69. The maximum absolute atomic E-state index is 4.64. The third-order valence-electron chi connectivity index (χ3n) is 3.39. The van der Waals surface area contributed by atoms with Crippen LogP contribution in [0.3, 0.4) is 0 Å². The molecule has 22 heavy (non-hydrogen) atoms. The van der Waals surface area contributed by atoms with Crippen molar-refractivity contribution in [2.24, 2.45) is 4.99 Å². The molecule has 0 amide bonds. The maximum Gasteiger partial charge on any atom is 0.191 e. The minimum absolute atomic E-state index is 0.135. The van der Waals surface area contributed by atoms with Crippen molar-refractivity contribution in [2.45, 2.75) is 53.1 Å². The van der Waals surface area contributed by atoms with E-state index >= 15 is 0 Å². The Morgan fingerprint density at radius 1 is 1.23 bits per heavy atom. The summed E-state index contributed by atoms with van der Waals surface area (Å²) in [4.78, 5) is 4.64. The van der Waals surface area contributed by atoms with E-state index in [1.807, 2.05) is 0 Å². The van der Waals surface area contributed by atoms with E-state index in [-0.39, 0.29) is 11.6 Å². The number of rotatable bonds is 6. The lowest BCUT2D eigenvalue weighted by Crippen LogP contribution is -2.40. The van der Waals surface area contributed by atoms with Gasteiger partial charge in [-0.05, 0) is 52.7 Å². The van der Waals surface area contributed by atoms with Gasteiger partial charge in [-0.2, -0.15) is 0 Å². The molecule has 1 atom stereocenters. The summed E-state index contributed by atoms with van der Waals surface area (Å²) in [6.07, 6.45) is 0. The van der Waals surface area contributed by atoms with Gasteiger partial charge in [0.1, 0.15) is 0 Å². The molecule has 0 aliphatic heterocycles. The van der Waals surface area contributed by atoms with Gasteiger partial charge in [-0.15, -0.1) is 0 Å². The van der Waals surface area contributed by atoms with Crippen LogP contribution in [0.15, 0.2) is 29.3 Å². The van der Waals surface area contributed by atoms with Gasteiger partial charge in [0.15, 0.2) is 5.96 Å². The number of hydrogen-bond acceptors (Lipinski definition) is 2. The summed E-state index contributed by atoms with van der Waals surface area (Å²) in [5.74, 6) is 0.869. The van der Waals surface area contributed by atoms with Crippen LogP contribution in [0.4, 0.5) is 0 Å². The number of nitrogens with zero attached hydrogens (tertiary/aromatic N) is 1. The van der Waals surface area contributed by atoms with Gasteiger partial charge in [-0.1, -0.05) is 24.3 Å². The largest absolute Gasteiger partial charge is 0.357 e. The van der Waals surface area contributed by atoms with Crippen LogP contribution in [0.5, 0.6) is 0 Å². The van der Waals surface area contributed by atoms with Crippen LogP contribution in [0, 0.1) is 6.92 Å². The molecular weight excluding hydrogens is 272 g/mol. The summed E-state index contributed by atoms with van der Waals surface area (Å²) in [7, 11) is 0. The summed E-state index contributed by atoms with van der Waals surface area (Å²) >= 11 is 0. The van der Waals surface area contributed by atoms with Crippen LogP contribution in [-0.2, 0) is 0 Å². The Morgan fingerprint density at radius 2 is 1.91 bits per heavy atom. The quantitative estimate of drug-likeness (QED) is 0.430. The smallest absolute Gasteiger partial charge is 0.191 e. The molecule has 1 rings (SSSR count).